The summed E-state index contributed by atoms with van der Waals surface area (Å²) >= 11 is 0. The van der Waals surface area contributed by atoms with E-state index in [-0.39, 0.29) is 25.7 Å². The number of rotatable bonds is 8. The molecule has 0 saturated heterocycles. The normalized spacial score (nSPS) is 13.0. The smallest absolute Gasteiger partial charge is 0.410 e. The summed E-state index contributed by atoms with van der Waals surface area (Å²) < 4.78 is 11.3. The molecule has 0 heterocycles. The van der Waals surface area contributed by atoms with Crippen molar-refractivity contribution in [2.75, 3.05) is 19.8 Å². The standard InChI is InChI=1S/C27H27NO5/c1-3-28(25(26(29)30)17-32-19-14-12-18(2)13-15-19)27(31)33-16-24-22-10-6-4-8-20(22)21-9-5-7-11-23(21)24/h4-15,24-25H,3,16-17H2,1-2H3,(H,29,30)/t25-/m0/s1. The van der Waals surface area contributed by atoms with Crippen LogP contribution in [0.1, 0.15) is 29.5 Å². The molecule has 1 atom stereocenters. The van der Waals surface area contributed by atoms with E-state index in [1.54, 1.807) is 19.1 Å². The third kappa shape index (κ3) is 4.70. The minimum absolute atomic E-state index is 0.0906. The third-order valence-corrected chi connectivity index (χ3v) is 6.00. The Morgan fingerprint density at radius 2 is 1.52 bits per heavy atom. The number of benzene rings is 3. The van der Waals surface area contributed by atoms with Crippen LogP contribution in [0.5, 0.6) is 5.75 Å². The Hall–Kier alpha value is -3.80. The van der Waals surface area contributed by atoms with Crippen LogP contribution in [0.25, 0.3) is 11.1 Å². The molecule has 0 bridgehead atoms. The molecule has 4 rings (SSSR count). The van der Waals surface area contributed by atoms with E-state index in [4.69, 9.17) is 9.47 Å². The van der Waals surface area contributed by atoms with E-state index >= 15 is 0 Å². The summed E-state index contributed by atoms with van der Waals surface area (Å²) in [5.74, 6) is -0.681. The number of nitrogens with zero attached hydrogens (tertiary/aromatic N) is 1. The minimum atomic E-state index is -1.16. The van der Waals surface area contributed by atoms with Crippen molar-refractivity contribution in [3.8, 4) is 16.9 Å². The monoisotopic (exact) mass is 445 g/mol. The SMILES string of the molecule is CCN(C(=O)OCC1c2ccccc2-c2ccccc21)[C@@H](COc1ccc(C)cc1)C(=O)O. The van der Waals surface area contributed by atoms with Crippen LogP contribution in [0.15, 0.2) is 72.8 Å². The first-order chi connectivity index (χ1) is 16.0. The number of ether oxygens (including phenoxy) is 2. The number of likely N-dealkylation sites (N-methyl/N-ethyl adjacent to an activating group) is 1. The van der Waals surface area contributed by atoms with E-state index in [0.29, 0.717) is 5.75 Å². The highest BCUT2D eigenvalue weighted by atomic mass is 16.6. The van der Waals surface area contributed by atoms with E-state index < -0.39 is 18.1 Å². The highest BCUT2D eigenvalue weighted by Crippen LogP contribution is 2.44. The predicted octanol–water partition coefficient (Wildman–Crippen LogP) is 5.10. The summed E-state index contributed by atoms with van der Waals surface area (Å²) in [7, 11) is 0. The fraction of sp³-hybridized carbons (Fsp3) is 0.259. The van der Waals surface area contributed by atoms with Crippen molar-refractivity contribution in [3.05, 3.63) is 89.5 Å². The van der Waals surface area contributed by atoms with Gasteiger partial charge in [0.2, 0.25) is 0 Å². The van der Waals surface area contributed by atoms with Crippen LogP contribution in [-0.2, 0) is 9.53 Å². The highest BCUT2D eigenvalue weighted by molar-refractivity contribution is 5.81. The maximum Gasteiger partial charge on any atom is 0.410 e. The van der Waals surface area contributed by atoms with Gasteiger partial charge in [-0.15, -0.1) is 0 Å². The molecule has 170 valence electrons. The van der Waals surface area contributed by atoms with Gasteiger partial charge in [0.05, 0.1) is 0 Å². The average molecular weight is 446 g/mol. The summed E-state index contributed by atoms with van der Waals surface area (Å²) in [6.45, 7) is 3.83. The maximum absolute atomic E-state index is 12.9. The summed E-state index contributed by atoms with van der Waals surface area (Å²) in [6.07, 6.45) is -0.667. The zero-order chi connectivity index (χ0) is 23.4. The van der Waals surface area contributed by atoms with Crippen molar-refractivity contribution >= 4 is 12.1 Å². The summed E-state index contributed by atoms with van der Waals surface area (Å²) in [6, 6.07) is 22.3. The van der Waals surface area contributed by atoms with Crippen molar-refractivity contribution in [3.63, 3.8) is 0 Å². The van der Waals surface area contributed by atoms with Crippen LogP contribution in [0.2, 0.25) is 0 Å². The summed E-state index contributed by atoms with van der Waals surface area (Å²) in [5.41, 5.74) is 5.55. The van der Waals surface area contributed by atoms with Gasteiger partial charge in [0.25, 0.3) is 0 Å². The fourth-order valence-corrected chi connectivity index (χ4v) is 4.26. The van der Waals surface area contributed by atoms with E-state index in [9.17, 15) is 14.7 Å². The molecule has 0 saturated carbocycles. The lowest BCUT2D eigenvalue weighted by atomic mass is 9.98. The van der Waals surface area contributed by atoms with E-state index in [0.717, 1.165) is 27.8 Å². The third-order valence-electron chi connectivity index (χ3n) is 6.00. The van der Waals surface area contributed by atoms with Crippen LogP contribution in [0.4, 0.5) is 4.79 Å². The van der Waals surface area contributed by atoms with Crippen LogP contribution < -0.4 is 4.74 Å². The van der Waals surface area contributed by atoms with Crippen molar-refractivity contribution in [2.45, 2.75) is 25.8 Å². The molecular formula is C27H27NO5. The number of carboxylic acids is 1. The number of aryl methyl sites for hydroxylation is 1. The molecule has 0 unspecified atom stereocenters. The predicted molar refractivity (Wildman–Crippen MR) is 126 cm³/mol. The zero-order valence-corrected chi connectivity index (χ0v) is 18.7. The lowest BCUT2D eigenvalue weighted by Crippen LogP contribution is -2.48. The van der Waals surface area contributed by atoms with E-state index in [1.807, 2.05) is 55.5 Å². The molecule has 3 aromatic rings. The number of carboxylic acid groups (broad SMARTS) is 1. The number of hydrogen-bond acceptors (Lipinski definition) is 4. The van der Waals surface area contributed by atoms with Gasteiger partial charge in [-0.1, -0.05) is 66.2 Å². The van der Waals surface area contributed by atoms with E-state index in [2.05, 4.69) is 12.1 Å². The summed E-state index contributed by atoms with van der Waals surface area (Å²) in [4.78, 5) is 26.1. The molecular weight excluding hydrogens is 418 g/mol. The Kier molecular flexibility index (Phi) is 6.63. The first-order valence-corrected chi connectivity index (χ1v) is 11.0. The van der Waals surface area contributed by atoms with Gasteiger partial charge in [0, 0.05) is 12.5 Å². The quantitative estimate of drug-likeness (QED) is 0.522. The Labute approximate surface area is 193 Å². The van der Waals surface area contributed by atoms with Crippen LogP contribution in [0, 0.1) is 6.92 Å². The molecule has 33 heavy (non-hydrogen) atoms. The Balaban J connectivity index is 1.45. The van der Waals surface area contributed by atoms with Gasteiger partial charge in [-0.05, 0) is 48.2 Å². The molecule has 6 nitrogen and oxygen atoms in total. The maximum atomic E-state index is 12.9. The highest BCUT2D eigenvalue weighted by Gasteiger charge is 2.33. The molecule has 1 aliphatic rings. The fourth-order valence-electron chi connectivity index (χ4n) is 4.26. The molecule has 3 aromatic carbocycles. The van der Waals surface area contributed by atoms with Gasteiger partial charge < -0.3 is 14.6 Å². The average Bonchev–Trinajstić information content (AvgIpc) is 3.15. The van der Waals surface area contributed by atoms with Gasteiger partial charge in [0.15, 0.2) is 6.04 Å². The first kappa shape index (κ1) is 22.4. The lowest BCUT2D eigenvalue weighted by molar-refractivity contribution is -0.143. The molecule has 0 fully saturated rings. The van der Waals surface area contributed by atoms with Gasteiger partial charge in [-0.25, -0.2) is 9.59 Å². The van der Waals surface area contributed by atoms with Crippen LogP contribution in [0.3, 0.4) is 0 Å². The second-order valence-electron chi connectivity index (χ2n) is 8.07. The lowest BCUT2D eigenvalue weighted by Gasteiger charge is -2.27. The Morgan fingerprint density at radius 1 is 0.939 bits per heavy atom. The largest absolute Gasteiger partial charge is 0.491 e. The molecule has 0 spiro atoms. The second-order valence-corrected chi connectivity index (χ2v) is 8.07. The minimum Gasteiger partial charge on any atom is -0.491 e. The van der Waals surface area contributed by atoms with Crippen molar-refractivity contribution in [1.29, 1.82) is 0 Å². The second kappa shape index (κ2) is 9.77. The van der Waals surface area contributed by atoms with Crippen LogP contribution in [-0.4, -0.2) is 47.9 Å². The van der Waals surface area contributed by atoms with Gasteiger partial charge in [-0.3, -0.25) is 4.90 Å². The number of carbonyl (C=O) groups is 2. The van der Waals surface area contributed by atoms with Gasteiger partial charge in [0.1, 0.15) is 19.0 Å². The van der Waals surface area contributed by atoms with Gasteiger partial charge in [-0.2, -0.15) is 0 Å². The van der Waals surface area contributed by atoms with Crippen molar-refractivity contribution < 1.29 is 24.2 Å². The topological polar surface area (TPSA) is 76.1 Å². The van der Waals surface area contributed by atoms with Crippen molar-refractivity contribution in [2.24, 2.45) is 0 Å². The van der Waals surface area contributed by atoms with Crippen molar-refractivity contribution in [1.82, 2.24) is 4.90 Å². The molecule has 1 amide bonds. The van der Waals surface area contributed by atoms with E-state index in [1.165, 1.54) is 4.90 Å². The summed E-state index contributed by atoms with van der Waals surface area (Å²) in [5, 5.41) is 9.76. The Morgan fingerprint density at radius 3 is 2.06 bits per heavy atom. The first-order valence-electron chi connectivity index (χ1n) is 11.0. The Bertz CT molecular complexity index is 1100. The zero-order valence-electron chi connectivity index (χ0n) is 18.7. The molecule has 1 aliphatic carbocycles. The molecule has 0 aliphatic heterocycles. The molecule has 0 aromatic heterocycles. The van der Waals surface area contributed by atoms with Crippen LogP contribution >= 0.6 is 0 Å². The number of fused-ring (bicyclic) bond motifs is 3. The molecule has 1 N–H and O–H groups in total. The number of aliphatic carboxylic acids is 1. The van der Waals surface area contributed by atoms with Gasteiger partial charge >= 0.3 is 12.1 Å². The number of hydrogen-bond donors (Lipinski definition) is 1. The number of carbonyl (C=O) groups excluding carboxylic acids is 1. The molecule has 0 radical (unpaired) electrons. The number of amides is 1. The molecule has 6 heteroatoms.